The van der Waals surface area contributed by atoms with Crippen LogP contribution in [0.25, 0.3) is 0 Å². The fraction of sp³-hybridized carbons (Fsp3) is 0.231. The molecule has 0 bridgehead atoms. The summed E-state index contributed by atoms with van der Waals surface area (Å²) in [6.45, 7) is 0.0361. The van der Waals surface area contributed by atoms with Gasteiger partial charge >= 0.3 is 0 Å². The van der Waals surface area contributed by atoms with Gasteiger partial charge in [-0.05, 0) is 29.5 Å². The summed E-state index contributed by atoms with van der Waals surface area (Å²) in [5, 5.41) is 9.54. The average molecular weight is 278 g/mol. The minimum absolute atomic E-state index is 0.0361. The molecule has 6 heteroatoms. The summed E-state index contributed by atoms with van der Waals surface area (Å²) in [5.74, 6) is 0.919. The van der Waals surface area contributed by atoms with Gasteiger partial charge in [-0.25, -0.2) is 0 Å². The van der Waals surface area contributed by atoms with Crippen LogP contribution in [0.2, 0.25) is 0 Å². The number of nitrogens with zero attached hydrogens (tertiary/aromatic N) is 2. The zero-order valence-electron chi connectivity index (χ0n) is 10.7. The Labute approximate surface area is 115 Å². The Morgan fingerprint density at radius 2 is 1.63 bits per heavy atom. The molecule has 0 saturated heterocycles. The number of benzene rings is 1. The number of hydrogen-bond acceptors (Lipinski definition) is 6. The SMILES string of the molecule is COc1cc(OC)nc(Sc2ccc(CO)cc2)n1. The normalized spacial score (nSPS) is 10.3. The largest absolute Gasteiger partial charge is 0.481 e. The number of methoxy groups -OCH3 is 2. The molecule has 0 amide bonds. The Hall–Kier alpha value is -1.79. The van der Waals surface area contributed by atoms with E-state index in [9.17, 15) is 0 Å². The quantitative estimate of drug-likeness (QED) is 0.845. The average Bonchev–Trinajstić information content (AvgIpc) is 2.47. The predicted octanol–water partition coefficient (Wildman–Crippen LogP) is 2.14. The maximum absolute atomic E-state index is 8.99. The zero-order valence-corrected chi connectivity index (χ0v) is 11.5. The number of ether oxygens (including phenoxy) is 2. The first-order valence-corrected chi connectivity index (χ1v) is 6.41. The van der Waals surface area contributed by atoms with Gasteiger partial charge in [-0.15, -0.1) is 0 Å². The third-order valence-corrected chi connectivity index (χ3v) is 3.26. The zero-order chi connectivity index (χ0) is 13.7. The molecule has 0 saturated carbocycles. The fourth-order valence-corrected chi connectivity index (χ4v) is 2.16. The van der Waals surface area contributed by atoms with Crippen LogP contribution in [-0.4, -0.2) is 29.3 Å². The lowest BCUT2D eigenvalue weighted by Crippen LogP contribution is -1.96. The van der Waals surface area contributed by atoms with Gasteiger partial charge < -0.3 is 14.6 Å². The van der Waals surface area contributed by atoms with Gasteiger partial charge in [0.05, 0.1) is 26.9 Å². The molecule has 0 aliphatic rings. The topological polar surface area (TPSA) is 64.5 Å². The summed E-state index contributed by atoms with van der Waals surface area (Å²) < 4.78 is 10.2. The Morgan fingerprint density at radius 1 is 1.05 bits per heavy atom. The maximum Gasteiger partial charge on any atom is 0.220 e. The van der Waals surface area contributed by atoms with E-state index in [2.05, 4.69) is 9.97 Å². The maximum atomic E-state index is 8.99. The van der Waals surface area contributed by atoms with Crippen LogP contribution in [0.3, 0.4) is 0 Å². The van der Waals surface area contributed by atoms with Crippen LogP contribution in [0.15, 0.2) is 40.4 Å². The molecule has 0 aliphatic heterocycles. The van der Waals surface area contributed by atoms with Gasteiger partial charge in [0.25, 0.3) is 0 Å². The fourth-order valence-electron chi connectivity index (χ4n) is 1.41. The van der Waals surface area contributed by atoms with E-state index in [-0.39, 0.29) is 6.61 Å². The Morgan fingerprint density at radius 3 is 2.11 bits per heavy atom. The molecule has 1 N–H and O–H groups in total. The second-order valence-corrected chi connectivity index (χ2v) is 4.68. The van der Waals surface area contributed by atoms with E-state index in [1.54, 1.807) is 20.3 Å². The second kappa shape index (κ2) is 6.40. The molecule has 0 radical (unpaired) electrons. The van der Waals surface area contributed by atoms with Crippen molar-refractivity contribution in [1.29, 1.82) is 0 Å². The second-order valence-electron chi connectivity index (χ2n) is 3.64. The Kier molecular flexibility index (Phi) is 4.59. The molecule has 1 aromatic carbocycles. The molecule has 19 heavy (non-hydrogen) atoms. The van der Waals surface area contributed by atoms with Crippen molar-refractivity contribution in [2.45, 2.75) is 16.7 Å². The monoisotopic (exact) mass is 278 g/mol. The van der Waals surface area contributed by atoms with Gasteiger partial charge in [-0.2, -0.15) is 9.97 Å². The van der Waals surface area contributed by atoms with E-state index >= 15 is 0 Å². The summed E-state index contributed by atoms with van der Waals surface area (Å²) in [7, 11) is 3.10. The van der Waals surface area contributed by atoms with E-state index in [4.69, 9.17) is 14.6 Å². The van der Waals surface area contributed by atoms with Crippen molar-refractivity contribution < 1.29 is 14.6 Å². The first-order valence-electron chi connectivity index (χ1n) is 5.60. The number of aliphatic hydroxyl groups excluding tert-OH is 1. The highest BCUT2D eigenvalue weighted by molar-refractivity contribution is 7.99. The van der Waals surface area contributed by atoms with E-state index in [0.717, 1.165) is 10.5 Å². The summed E-state index contributed by atoms with van der Waals surface area (Å²) in [6.07, 6.45) is 0. The first kappa shape index (κ1) is 13.6. The van der Waals surface area contributed by atoms with Crippen molar-refractivity contribution >= 4 is 11.8 Å². The highest BCUT2D eigenvalue weighted by Gasteiger charge is 2.07. The highest BCUT2D eigenvalue weighted by Crippen LogP contribution is 2.28. The van der Waals surface area contributed by atoms with Crippen LogP contribution in [0.5, 0.6) is 11.8 Å². The summed E-state index contributed by atoms with van der Waals surface area (Å²) in [4.78, 5) is 9.46. The van der Waals surface area contributed by atoms with Crippen LogP contribution < -0.4 is 9.47 Å². The van der Waals surface area contributed by atoms with Crippen molar-refractivity contribution in [2.24, 2.45) is 0 Å². The Bertz CT molecular complexity index is 524. The number of hydrogen-bond donors (Lipinski definition) is 1. The van der Waals surface area contributed by atoms with Crippen LogP contribution in [-0.2, 0) is 6.61 Å². The third kappa shape index (κ3) is 3.59. The molecule has 1 aromatic heterocycles. The van der Waals surface area contributed by atoms with Gasteiger partial charge in [-0.3, -0.25) is 0 Å². The molecule has 5 nitrogen and oxygen atoms in total. The van der Waals surface area contributed by atoms with E-state index < -0.39 is 0 Å². The lowest BCUT2D eigenvalue weighted by molar-refractivity contribution is 0.282. The van der Waals surface area contributed by atoms with Gasteiger partial charge in [-0.1, -0.05) is 12.1 Å². The summed E-state index contributed by atoms with van der Waals surface area (Å²) in [6, 6.07) is 9.16. The van der Waals surface area contributed by atoms with Crippen molar-refractivity contribution in [1.82, 2.24) is 9.97 Å². The molecule has 0 spiro atoms. The number of aromatic nitrogens is 2. The first-order chi connectivity index (χ1) is 9.25. The van der Waals surface area contributed by atoms with Crippen molar-refractivity contribution in [3.8, 4) is 11.8 Å². The van der Waals surface area contributed by atoms with E-state index in [1.165, 1.54) is 11.8 Å². The molecule has 0 fully saturated rings. The van der Waals surface area contributed by atoms with Crippen molar-refractivity contribution in [2.75, 3.05) is 14.2 Å². The lowest BCUT2D eigenvalue weighted by atomic mass is 10.2. The Balaban J connectivity index is 2.21. The molecule has 2 rings (SSSR count). The van der Waals surface area contributed by atoms with Crippen LogP contribution >= 0.6 is 11.8 Å². The highest BCUT2D eigenvalue weighted by atomic mass is 32.2. The van der Waals surface area contributed by atoms with Gasteiger partial charge in [0.15, 0.2) is 5.16 Å². The van der Waals surface area contributed by atoms with Gasteiger partial charge in [0.2, 0.25) is 11.8 Å². The van der Waals surface area contributed by atoms with Gasteiger partial charge in [0, 0.05) is 4.90 Å². The van der Waals surface area contributed by atoms with Gasteiger partial charge in [0.1, 0.15) is 0 Å². The van der Waals surface area contributed by atoms with E-state index in [0.29, 0.717) is 16.9 Å². The molecule has 0 unspecified atom stereocenters. The predicted molar refractivity (Wildman–Crippen MR) is 71.6 cm³/mol. The number of aliphatic hydroxyl groups is 1. The molecule has 0 atom stereocenters. The van der Waals surface area contributed by atoms with E-state index in [1.807, 2.05) is 24.3 Å². The molecule has 2 aromatic rings. The minimum atomic E-state index is 0.0361. The third-order valence-electron chi connectivity index (χ3n) is 2.39. The molecule has 1 heterocycles. The minimum Gasteiger partial charge on any atom is -0.481 e. The van der Waals surface area contributed by atoms with Crippen LogP contribution in [0, 0.1) is 0 Å². The van der Waals surface area contributed by atoms with Crippen molar-refractivity contribution in [3.63, 3.8) is 0 Å². The molecular weight excluding hydrogens is 264 g/mol. The van der Waals surface area contributed by atoms with Crippen LogP contribution in [0.1, 0.15) is 5.56 Å². The smallest absolute Gasteiger partial charge is 0.220 e. The van der Waals surface area contributed by atoms with Crippen LogP contribution in [0.4, 0.5) is 0 Å². The standard InChI is InChI=1S/C13H14N2O3S/c1-17-11-7-12(18-2)15-13(14-11)19-10-5-3-9(8-16)4-6-10/h3-7,16H,8H2,1-2H3. The lowest BCUT2D eigenvalue weighted by Gasteiger charge is -2.06. The van der Waals surface area contributed by atoms with Crippen molar-refractivity contribution in [3.05, 3.63) is 35.9 Å². The molecular formula is C13H14N2O3S. The number of rotatable bonds is 5. The molecule has 100 valence electrons. The molecule has 0 aliphatic carbocycles. The summed E-state index contributed by atoms with van der Waals surface area (Å²) >= 11 is 1.40. The summed E-state index contributed by atoms with van der Waals surface area (Å²) in [5.41, 5.74) is 0.869.